The van der Waals surface area contributed by atoms with Crippen molar-refractivity contribution in [1.82, 2.24) is 0 Å². The van der Waals surface area contributed by atoms with E-state index in [-0.39, 0.29) is 73.1 Å². The Labute approximate surface area is 72.4 Å². The summed E-state index contributed by atoms with van der Waals surface area (Å²) >= 11 is 0. The molecule has 0 rings (SSSR count). The van der Waals surface area contributed by atoms with Gasteiger partial charge in [0.25, 0.3) is 0 Å². The van der Waals surface area contributed by atoms with Crippen molar-refractivity contribution in [2.24, 2.45) is 0 Å². The van der Waals surface area contributed by atoms with E-state index < -0.39 is 0 Å². The molecule has 0 unspecified atom stereocenters. The van der Waals surface area contributed by atoms with Crippen molar-refractivity contribution in [1.29, 1.82) is 0 Å². The second-order valence-electron chi connectivity index (χ2n) is 0. The van der Waals surface area contributed by atoms with E-state index in [4.69, 9.17) is 0 Å². The first-order valence-electron chi connectivity index (χ1n) is 0. The first-order valence-corrected chi connectivity index (χ1v) is 0. The maximum atomic E-state index is 0. The molecule has 0 aromatic rings. The molecule has 0 saturated carbocycles. The van der Waals surface area contributed by atoms with Gasteiger partial charge < -0.3 is 0 Å². The molecule has 0 N–H and O–H groups in total. The molecule has 4 heavy (non-hydrogen) atoms. The van der Waals surface area contributed by atoms with Crippen LogP contribution in [0, 0.1) is 0 Å². The maximum Gasteiger partial charge on any atom is 0 e. The molecule has 0 atom stereocenters. The van der Waals surface area contributed by atoms with Gasteiger partial charge in [-0.15, -0.1) is 0 Å². The van der Waals surface area contributed by atoms with Crippen molar-refractivity contribution in [3.63, 3.8) is 0 Å². The first-order chi connectivity index (χ1) is 0. The van der Waals surface area contributed by atoms with Crippen LogP contribution in [-0.4, -0.2) is 0 Å². The predicted octanol–water partition coefficient (Wildman–Crippen LogP) is -0.0100. The van der Waals surface area contributed by atoms with Crippen molar-refractivity contribution in [2.45, 2.75) is 0 Å². The van der Waals surface area contributed by atoms with Gasteiger partial charge >= 0.3 is 0 Å². The van der Waals surface area contributed by atoms with Crippen molar-refractivity contribution in [2.75, 3.05) is 0 Å². The molecular formula is Cr3Pt. The Bertz CT molecular complexity index is 3.25. The van der Waals surface area contributed by atoms with E-state index in [1.165, 1.54) is 0 Å². The summed E-state index contributed by atoms with van der Waals surface area (Å²) in [5, 5.41) is 0. The zero-order valence-corrected chi connectivity index (χ0v) is 7.64. The zero-order valence-electron chi connectivity index (χ0n) is 1.54. The second kappa shape index (κ2) is 18.6. The fraction of sp³-hybridized carbons (Fsp3) is 0. The molecule has 0 fully saturated rings. The monoisotopic (exact) mass is 351 g/mol. The Balaban J connectivity index is 0. The van der Waals surface area contributed by atoms with Gasteiger partial charge in [-0.2, -0.15) is 0 Å². The van der Waals surface area contributed by atoms with Gasteiger partial charge in [0.15, 0.2) is 0 Å². The summed E-state index contributed by atoms with van der Waals surface area (Å²) in [7, 11) is 0. The molecule has 0 radical (unpaired) electrons. The third-order valence-electron chi connectivity index (χ3n) is 0. The Morgan fingerprint density at radius 2 is 0.500 bits per heavy atom. The molecule has 0 aliphatic carbocycles. The van der Waals surface area contributed by atoms with Crippen LogP contribution in [-0.2, 0) is 73.1 Å². The molecule has 0 nitrogen and oxygen atoms in total. The van der Waals surface area contributed by atoms with E-state index >= 15 is 0 Å². The summed E-state index contributed by atoms with van der Waals surface area (Å²) in [6.07, 6.45) is 0. The minimum atomic E-state index is 0. The van der Waals surface area contributed by atoms with Gasteiger partial charge in [-0.3, -0.25) is 0 Å². The molecule has 0 aromatic carbocycles. The van der Waals surface area contributed by atoms with Gasteiger partial charge in [0, 0.05) is 73.1 Å². The van der Waals surface area contributed by atoms with Gasteiger partial charge in [-0.05, 0) is 0 Å². The molecular weight excluding hydrogens is 351 g/mol. The predicted molar refractivity (Wildman–Crippen MR) is 0 cm³/mol. The Hall–Kier alpha value is 2.29. The van der Waals surface area contributed by atoms with Crippen molar-refractivity contribution in [3.8, 4) is 0 Å². The minimum Gasteiger partial charge on any atom is 0 e. The van der Waals surface area contributed by atoms with E-state index in [0.29, 0.717) is 0 Å². The van der Waals surface area contributed by atoms with Crippen LogP contribution in [0.5, 0.6) is 0 Å². The molecule has 0 amide bonds. The molecule has 0 bridgehead atoms. The standard InChI is InChI=1S/3Cr.Pt. The molecule has 0 saturated heterocycles. The van der Waals surface area contributed by atoms with Crippen LogP contribution in [0.3, 0.4) is 0 Å². The minimum absolute atomic E-state index is 0. The summed E-state index contributed by atoms with van der Waals surface area (Å²) in [6.45, 7) is 0. The average molecular weight is 351 g/mol. The van der Waals surface area contributed by atoms with Crippen LogP contribution in [0.1, 0.15) is 0 Å². The summed E-state index contributed by atoms with van der Waals surface area (Å²) in [4.78, 5) is 0. The fourth-order valence-electron chi connectivity index (χ4n) is 0. The average Bonchev–Trinajstić information content (AvgIpc) is 0. The first kappa shape index (κ1) is 33.6. The molecule has 0 aliphatic heterocycles. The summed E-state index contributed by atoms with van der Waals surface area (Å²) < 4.78 is 0. The van der Waals surface area contributed by atoms with Gasteiger partial charge in [0.2, 0.25) is 0 Å². The second-order valence-corrected chi connectivity index (χ2v) is 0. The number of hydrogen-bond acceptors (Lipinski definition) is 0. The van der Waals surface area contributed by atoms with Crippen molar-refractivity contribution >= 4 is 0 Å². The molecule has 4 heteroatoms. The van der Waals surface area contributed by atoms with Crippen LogP contribution >= 0.6 is 0 Å². The van der Waals surface area contributed by atoms with Gasteiger partial charge in [0.05, 0.1) is 0 Å². The molecule has 28 valence electrons. The summed E-state index contributed by atoms with van der Waals surface area (Å²) in [5.41, 5.74) is 0. The van der Waals surface area contributed by atoms with Crippen LogP contribution in [0.15, 0.2) is 0 Å². The SMILES string of the molecule is [Cr].[Cr].[Cr].[Pt]. The topological polar surface area (TPSA) is 0 Å². The molecule has 0 heterocycles. The van der Waals surface area contributed by atoms with Crippen LogP contribution in [0.25, 0.3) is 0 Å². The Morgan fingerprint density at radius 1 is 0.500 bits per heavy atom. The largest absolute Gasteiger partial charge is 0 e. The molecule has 0 aliphatic rings. The van der Waals surface area contributed by atoms with Gasteiger partial charge in [-0.25, -0.2) is 0 Å². The Morgan fingerprint density at radius 3 is 0.500 bits per heavy atom. The normalized spacial score (nSPS) is 0. The van der Waals surface area contributed by atoms with Crippen LogP contribution in [0.2, 0.25) is 0 Å². The third-order valence-corrected chi connectivity index (χ3v) is 0. The van der Waals surface area contributed by atoms with E-state index in [1.54, 1.807) is 0 Å². The fourth-order valence-corrected chi connectivity index (χ4v) is 0. The van der Waals surface area contributed by atoms with Crippen molar-refractivity contribution < 1.29 is 73.1 Å². The van der Waals surface area contributed by atoms with Crippen molar-refractivity contribution in [3.05, 3.63) is 0 Å². The smallest absolute Gasteiger partial charge is 0 e. The van der Waals surface area contributed by atoms with Gasteiger partial charge in [-0.1, -0.05) is 0 Å². The third kappa shape index (κ3) is 8.86. The van der Waals surface area contributed by atoms with E-state index in [2.05, 4.69) is 0 Å². The summed E-state index contributed by atoms with van der Waals surface area (Å²) in [6, 6.07) is 0. The number of rotatable bonds is 0. The van der Waals surface area contributed by atoms with Crippen LogP contribution < -0.4 is 0 Å². The van der Waals surface area contributed by atoms with E-state index in [9.17, 15) is 0 Å². The zero-order chi connectivity index (χ0) is 0. The molecule has 0 aromatic heterocycles. The Kier molecular flexibility index (Phi) is 156. The van der Waals surface area contributed by atoms with E-state index in [0.717, 1.165) is 0 Å². The maximum absolute atomic E-state index is 0. The summed E-state index contributed by atoms with van der Waals surface area (Å²) in [5.74, 6) is 0. The number of hydrogen-bond donors (Lipinski definition) is 0. The van der Waals surface area contributed by atoms with E-state index in [1.807, 2.05) is 0 Å². The molecule has 0 spiro atoms. The quantitative estimate of drug-likeness (QED) is 0.576. The van der Waals surface area contributed by atoms with Crippen LogP contribution in [0.4, 0.5) is 0 Å². The van der Waals surface area contributed by atoms with Gasteiger partial charge in [0.1, 0.15) is 0 Å².